The van der Waals surface area contributed by atoms with Crippen molar-refractivity contribution < 1.29 is 28.2 Å². The minimum Gasteiger partial charge on any atom is -0.459 e. The summed E-state index contributed by atoms with van der Waals surface area (Å²) in [7, 11) is 0. The van der Waals surface area contributed by atoms with Crippen LogP contribution in [0, 0.1) is 12.7 Å². The normalized spacial score (nSPS) is 10.9. The molecule has 0 radical (unpaired) electrons. The van der Waals surface area contributed by atoms with Gasteiger partial charge in [0.25, 0.3) is 5.91 Å². The van der Waals surface area contributed by atoms with E-state index in [9.17, 15) is 18.8 Å². The molecule has 8 heteroatoms. The number of rotatable bonds is 6. The number of carbonyl (C=O) groups is 3. The van der Waals surface area contributed by atoms with Crippen LogP contribution in [-0.4, -0.2) is 30.1 Å². The number of halogens is 1. The van der Waals surface area contributed by atoms with Crippen molar-refractivity contribution in [3.63, 3.8) is 0 Å². The van der Waals surface area contributed by atoms with Crippen LogP contribution in [-0.2, 0) is 9.47 Å². The highest BCUT2D eigenvalue weighted by Crippen LogP contribution is 2.35. The van der Waals surface area contributed by atoms with Gasteiger partial charge < -0.3 is 14.8 Å². The summed E-state index contributed by atoms with van der Waals surface area (Å²) in [5.41, 5.74) is 0.215. The number of hydrogen-bond donors (Lipinski definition) is 1. The summed E-state index contributed by atoms with van der Waals surface area (Å²) in [6, 6.07) is 5.48. The molecule has 1 aromatic carbocycles. The van der Waals surface area contributed by atoms with Gasteiger partial charge in [-0.3, -0.25) is 4.79 Å². The molecule has 0 unspecified atom stereocenters. The quantitative estimate of drug-likeness (QED) is 0.709. The summed E-state index contributed by atoms with van der Waals surface area (Å²) in [6.07, 6.45) is -0.746. The van der Waals surface area contributed by atoms with Crippen LogP contribution in [0.15, 0.2) is 24.3 Å². The van der Waals surface area contributed by atoms with Crippen molar-refractivity contribution in [2.45, 2.75) is 46.8 Å². The van der Waals surface area contributed by atoms with Gasteiger partial charge in [-0.05, 0) is 52.3 Å². The lowest BCUT2D eigenvalue weighted by Gasteiger charge is -2.10. The van der Waals surface area contributed by atoms with Gasteiger partial charge in [-0.2, -0.15) is 0 Å². The third-order valence-corrected chi connectivity index (χ3v) is 4.75. The van der Waals surface area contributed by atoms with Crippen molar-refractivity contribution in [3.05, 3.63) is 51.7 Å². The lowest BCUT2D eigenvalue weighted by atomic mass is 10.1. The SMILES string of the molecule is Cc1c(C(=O)OC(C)C)sc(NC(=O)c2ccccc2F)c1C(=O)OC(C)C. The van der Waals surface area contributed by atoms with E-state index in [1.54, 1.807) is 34.6 Å². The summed E-state index contributed by atoms with van der Waals surface area (Å²) in [6.45, 7) is 8.35. The van der Waals surface area contributed by atoms with E-state index in [1.165, 1.54) is 18.2 Å². The van der Waals surface area contributed by atoms with Crippen molar-refractivity contribution in [2.24, 2.45) is 0 Å². The molecule has 0 aliphatic rings. The van der Waals surface area contributed by atoms with Crippen LogP contribution >= 0.6 is 11.3 Å². The van der Waals surface area contributed by atoms with Crippen LogP contribution < -0.4 is 5.32 Å². The molecule has 2 rings (SSSR count). The van der Waals surface area contributed by atoms with Gasteiger partial charge in [-0.1, -0.05) is 12.1 Å². The molecule has 28 heavy (non-hydrogen) atoms. The number of anilines is 1. The molecule has 6 nitrogen and oxygen atoms in total. The molecule has 0 saturated carbocycles. The topological polar surface area (TPSA) is 81.7 Å². The highest BCUT2D eigenvalue weighted by Gasteiger charge is 2.28. The van der Waals surface area contributed by atoms with E-state index in [-0.39, 0.29) is 27.1 Å². The first-order valence-electron chi connectivity index (χ1n) is 8.73. The van der Waals surface area contributed by atoms with E-state index in [1.807, 2.05) is 0 Å². The lowest BCUT2D eigenvalue weighted by Crippen LogP contribution is -2.17. The molecule has 0 bridgehead atoms. The largest absolute Gasteiger partial charge is 0.459 e. The minimum atomic E-state index is -0.735. The maximum Gasteiger partial charge on any atom is 0.348 e. The zero-order valence-corrected chi connectivity index (χ0v) is 17.1. The third-order valence-electron chi connectivity index (χ3n) is 3.57. The highest BCUT2D eigenvalue weighted by molar-refractivity contribution is 7.18. The van der Waals surface area contributed by atoms with Crippen molar-refractivity contribution in [1.29, 1.82) is 0 Å². The summed E-state index contributed by atoms with van der Waals surface area (Å²) >= 11 is 0.891. The molecular formula is C20H22FNO5S. The third kappa shape index (κ3) is 4.95. The predicted octanol–water partition coefficient (Wildman–Crippen LogP) is 4.58. The number of carbonyl (C=O) groups excluding carboxylic acids is 3. The van der Waals surface area contributed by atoms with Crippen LogP contribution in [0.5, 0.6) is 0 Å². The van der Waals surface area contributed by atoms with E-state index < -0.39 is 29.8 Å². The maximum absolute atomic E-state index is 13.9. The van der Waals surface area contributed by atoms with Crippen molar-refractivity contribution in [1.82, 2.24) is 0 Å². The molecule has 0 aliphatic carbocycles. The molecule has 1 N–H and O–H groups in total. The lowest BCUT2D eigenvalue weighted by molar-refractivity contribution is 0.0378. The number of benzene rings is 1. The van der Waals surface area contributed by atoms with Gasteiger partial charge in [0.2, 0.25) is 0 Å². The van der Waals surface area contributed by atoms with Crippen molar-refractivity contribution in [3.8, 4) is 0 Å². The standard InChI is InChI=1S/C20H22FNO5S/c1-10(2)26-19(24)15-12(5)16(20(25)27-11(3)4)28-18(15)22-17(23)13-8-6-7-9-14(13)21/h6-11H,1-5H3,(H,22,23). The summed E-state index contributed by atoms with van der Waals surface area (Å²) in [5, 5.41) is 2.63. The van der Waals surface area contributed by atoms with Crippen molar-refractivity contribution >= 4 is 34.2 Å². The number of ether oxygens (including phenoxy) is 2. The molecule has 1 heterocycles. The molecule has 0 spiro atoms. The molecule has 0 fully saturated rings. The van der Waals surface area contributed by atoms with Crippen LogP contribution in [0.1, 0.15) is 63.6 Å². The second kappa shape index (κ2) is 8.97. The fourth-order valence-corrected chi connectivity index (χ4v) is 3.47. The van der Waals surface area contributed by atoms with Crippen LogP contribution in [0.2, 0.25) is 0 Å². The van der Waals surface area contributed by atoms with Crippen LogP contribution in [0.3, 0.4) is 0 Å². The monoisotopic (exact) mass is 407 g/mol. The first-order valence-corrected chi connectivity index (χ1v) is 9.54. The van der Waals surface area contributed by atoms with E-state index in [4.69, 9.17) is 9.47 Å². The molecule has 0 aliphatic heterocycles. The van der Waals surface area contributed by atoms with Gasteiger partial charge in [0, 0.05) is 0 Å². The average Bonchev–Trinajstić information content (AvgIpc) is 2.90. The highest BCUT2D eigenvalue weighted by atomic mass is 32.1. The minimum absolute atomic E-state index is 0.0547. The Balaban J connectivity index is 2.46. The summed E-state index contributed by atoms with van der Waals surface area (Å²) in [4.78, 5) is 37.6. The predicted molar refractivity (Wildman–Crippen MR) is 105 cm³/mol. The molecule has 150 valence electrons. The Morgan fingerprint density at radius 3 is 2.14 bits per heavy atom. The zero-order valence-electron chi connectivity index (χ0n) is 16.3. The van der Waals surface area contributed by atoms with Gasteiger partial charge in [-0.25, -0.2) is 14.0 Å². The molecule has 0 atom stereocenters. The second-order valence-electron chi connectivity index (χ2n) is 6.60. The summed E-state index contributed by atoms with van der Waals surface area (Å²) < 4.78 is 24.3. The van der Waals surface area contributed by atoms with E-state index in [2.05, 4.69) is 5.32 Å². The number of amides is 1. The Labute approximate surface area is 166 Å². The Morgan fingerprint density at radius 1 is 1.00 bits per heavy atom. The Bertz CT molecular complexity index is 904. The fourth-order valence-electron chi connectivity index (χ4n) is 2.40. The van der Waals surface area contributed by atoms with Crippen LogP contribution in [0.4, 0.5) is 9.39 Å². The Kier molecular flexibility index (Phi) is 6.90. The maximum atomic E-state index is 13.9. The average molecular weight is 407 g/mol. The van der Waals surface area contributed by atoms with Gasteiger partial charge in [0.15, 0.2) is 0 Å². The number of thiophene rings is 1. The molecular weight excluding hydrogens is 385 g/mol. The van der Waals surface area contributed by atoms with Gasteiger partial charge in [-0.15, -0.1) is 11.3 Å². The second-order valence-corrected chi connectivity index (χ2v) is 7.62. The molecule has 0 saturated heterocycles. The molecule has 2 aromatic rings. The number of esters is 2. The Morgan fingerprint density at radius 2 is 1.57 bits per heavy atom. The van der Waals surface area contributed by atoms with E-state index >= 15 is 0 Å². The van der Waals surface area contributed by atoms with Gasteiger partial charge >= 0.3 is 11.9 Å². The molecule has 1 amide bonds. The van der Waals surface area contributed by atoms with Crippen molar-refractivity contribution in [2.75, 3.05) is 5.32 Å². The van der Waals surface area contributed by atoms with E-state index in [0.29, 0.717) is 5.56 Å². The summed E-state index contributed by atoms with van der Waals surface area (Å²) in [5.74, 6) is -2.72. The Hall–Kier alpha value is -2.74. The molecule has 1 aromatic heterocycles. The fraction of sp³-hybridized carbons (Fsp3) is 0.350. The van der Waals surface area contributed by atoms with Gasteiger partial charge in [0.1, 0.15) is 15.7 Å². The first kappa shape index (κ1) is 21.6. The van der Waals surface area contributed by atoms with E-state index in [0.717, 1.165) is 17.4 Å². The number of hydrogen-bond acceptors (Lipinski definition) is 6. The van der Waals surface area contributed by atoms with Gasteiger partial charge in [0.05, 0.1) is 23.3 Å². The smallest absolute Gasteiger partial charge is 0.348 e. The first-order chi connectivity index (χ1) is 13.1. The zero-order chi connectivity index (χ0) is 21.0. The van der Waals surface area contributed by atoms with Crippen LogP contribution in [0.25, 0.3) is 0 Å². The number of nitrogens with one attached hydrogen (secondary N) is 1.